The largest absolute Gasteiger partial charge is 0.356 e. The van der Waals surface area contributed by atoms with Crippen LogP contribution in [0.2, 0.25) is 0 Å². The molecular formula is C17H33N3O. The van der Waals surface area contributed by atoms with Gasteiger partial charge in [-0.2, -0.15) is 0 Å². The van der Waals surface area contributed by atoms with E-state index < -0.39 is 0 Å². The number of hydrogen-bond acceptors (Lipinski definition) is 3. The molecule has 4 heteroatoms. The number of likely N-dealkylation sites (tertiary alicyclic amines) is 1. The summed E-state index contributed by atoms with van der Waals surface area (Å²) in [6.45, 7) is 7.41. The zero-order valence-corrected chi connectivity index (χ0v) is 13.7. The number of nitrogens with one attached hydrogen (secondary N) is 1. The highest BCUT2D eigenvalue weighted by atomic mass is 16.1. The molecule has 2 aliphatic rings. The summed E-state index contributed by atoms with van der Waals surface area (Å²) in [6, 6.07) is 0. The molecule has 2 atom stereocenters. The monoisotopic (exact) mass is 295 g/mol. The number of amides is 1. The van der Waals surface area contributed by atoms with Crippen molar-refractivity contribution in [2.45, 2.75) is 51.9 Å². The van der Waals surface area contributed by atoms with Crippen molar-refractivity contribution in [2.75, 3.05) is 32.7 Å². The zero-order valence-electron chi connectivity index (χ0n) is 13.7. The maximum Gasteiger partial charge on any atom is 0.223 e. The van der Waals surface area contributed by atoms with Gasteiger partial charge >= 0.3 is 0 Å². The molecule has 0 aromatic carbocycles. The van der Waals surface area contributed by atoms with Crippen LogP contribution in [-0.4, -0.2) is 43.5 Å². The van der Waals surface area contributed by atoms with E-state index in [1.165, 1.54) is 38.8 Å². The average molecular weight is 295 g/mol. The fourth-order valence-electron chi connectivity index (χ4n) is 3.92. The van der Waals surface area contributed by atoms with E-state index in [1.807, 2.05) is 0 Å². The number of nitrogens with zero attached hydrogens (tertiary/aromatic N) is 1. The lowest BCUT2D eigenvalue weighted by Crippen LogP contribution is -2.41. The zero-order chi connectivity index (χ0) is 15.1. The second kappa shape index (κ2) is 8.74. The van der Waals surface area contributed by atoms with Crippen LogP contribution in [0.25, 0.3) is 0 Å². The predicted molar refractivity (Wildman–Crippen MR) is 87.0 cm³/mol. The molecule has 1 amide bonds. The van der Waals surface area contributed by atoms with Crippen LogP contribution >= 0.6 is 0 Å². The van der Waals surface area contributed by atoms with Gasteiger partial charge in [-0.3, -0.25) is 4.79 Å². The van der Waals surface area contributed by atoms with Gasteiger partial charge in [0.2, 0.25) is 5.91 Å². The van der Waals surface area contributed by atoms with Crippen molar-refractivity contribution in [2.24, 2.45) is 23.5 Å². The summed E-state index contributed by atoms with van der Waals surface area (Å²) in [4.78, 5) is 14.9. The molecule has 21 heavy (non-hydrogen) atoms. The van der Waals surface area contributed by atoms with Gasteiger partial charge in [-0.1, -0.05) is 19.8 Å². The smallest absolute Gasteiger partial charge is 0.223 e. The highest BCUT2D eigenvalue weighted by Crippen LogP contribution is 2.31. The number of carbonyl (C=O) groups excluding carboxylic acids is 1. The van der Waals surface area contributed by atoms with Gasteiger partial charge in [-0.25, -0.2) is 0 Å². The third-order valence-electron chi connectivity index (χ3n) is 5.45. The molecule has 0 radical (unpaired) electrons. The van der Waals surface area contributed by atoms with Gasteiger partial charge in [0, 0.05) is 12.5 Å². The second-order valence-corrected chi connectivity index (χ2v) is 6.93. The Morgan fingerprint density at radius 3 is 2.62 bits per heavy atom. The molecule has 0 aromatic heterocycles. The molecule has 1 heterocycles. The maximum absolute atomic E-state index is 12.4. The summed E-state index contributed by atoms with van der Waals surface area (Å²) in [5.74, 6) is 1.90. The van der Waals surface area contributed by atoms with Crippen molar-refractivity contribution < 1.29 is 4.79 Å². The van der Waals surface area contributed by atoms with Crippen molar-refractivity contribution in [1.82, 2.24) is 10.2 Å². The van der Waals surface area contributed by atoms with Gasteiger partial charge in [0.25, 0.3) is 0 Å². The highest BCUT2D eigenvalue weighted by Gasteiger charge is 2.27. The van der Waals surface area contributed by atoms with Crippen LogP contribution in [0.1, 0.15) is 51.9 Å². The summed E-state index contributed by atoms with van der Waals surface area (Å²) in [5.41, 5.74) is 5.66. The van der Waals surface area contributed by atoms with E-state index in [9.17, 15) is 4.79 Å². The Morgan fingerprint density at radius 2 is 1.95 bits per heavy atom. The van der Waals surface area contributed by atoms with Crippen molar-refractivity contribution >= 4 is 5.91 Å². The Bertz CT molecular complexity index is 311. The highest BCUT2D eigenvalue weighted by molar-refractivity contribution is 5.78. The Labute approximate surface area is 129 Å². The molecule has 3 N–H and O–H groups in total. The number of nitrogens with two attached hydrogens (primary N) is 1. The van der Waals surface area contributed by atoms with Crippen LogP contribution in [0.15, 0.2) is 0 Å². The van der Waals surface area contributed by atoms with E-state index in [0.717, 1.165) is 38.9 Å². The van der Waals surface area contributed by atoms with Crippen LogP contribution in [0, 0.1) is 17.8 Å². The summed E-state index contributed by atoms with van der Waals surface area (Å²) in [7, 11) is 0. The van der Waals surface area contributed by atoms with Gasteiger partial charge < -0.3 is 16.0 Å². The predicted octanol–water partition coefficient (Wildman–Crippen LogP) is 1.99. The lowest BCUT2D eigenvalue weighted by atomic mass is 9.79. The van der Waals surface area contributed by atoms with Gasteiger partial charge in [0.05, 0.1) is 0 Å². The topological polar surface area (TPSA) is 58.4 Å². The lowest BCUT2D eigenvalue weighted by molar-refractivity contribution is -0.126. The van der Waals surface area contributed by atoms with Crippen LogP contribution in [-0.2, 0) is 4.79 Å². The van der Waals surface area contributed by atoms with Gasteiger partial charge in [-0.05, 0) is 70.1 Å². The number of piperidine rings is 1. The van der Waals surface area contributed by atoms with Gasteiger partial charge in [0.1, 0.15) is 0 Å². The first-order valence-corrected chi connectivity index (χ1v) is 8.93. The molecule has 1 aliphatic heterocycles. The number of rotatable bonds is 6. The molecule has 0 aromatic rings. The fourth-order valence-corrected chi connectivity index (χ4v) is 3.92. The summed E-state index contributed by atoms with van der Waals surface area (Å²) in [5, 5.41) is 3.23. The minimum Gasteiger partial charge on any atom is -0.356 e. The third kappa shape index (κ3) is 5.26. The van der Waals surface area contributed by atoms with Crippen molar-refractivity contribution in [1.29, 1.82) is 0 Å². The first-order valence-electron chi connectivity index (χ1n) is 8.93. The molecule has 2 fully saturated rings. The second-order valence-electron chi connectivity index (χ2n) is 6.93. The molecule has 1 saturated heterocycles. The van der Waals surface area contributed by atoms with Crippen molar-refractivity contribution in [3.05, 3.63) is 0 Å². The minimum atomic E-state index is 0.242. The van der Waals surface area contributed by atoms with Crippen molar-refractivity contribution in [3.63, 3.8) is 0 Å². The molecule has 0 spiro atoms. The van der Waals surface area contributed by atoms with Crippen LogP contribution in [0.3, 0.4) is 0 Å². The molecule has 1 aliphatic carbocycles. The Morgan fingerprint density at radius 1 is 1.19 bits per heavy atom. The van der Waals surface area contributed by atoms with Crippen LogP contribution < -0.4 is 11.1 Å². The van der Waals surface area contributed by atoms with E-state index in [-0.39, 0.29) is 5.92 Å². The Balaban J connectivity index is 1.67. The summed E-state index contributed by atoms with van der Waals surface area (Å²) < 4.78 is 0. The Hall–Kier alpha value is -0.610. The molecule has 122 valence electrons. The summed E-state index contributed by atoms with van der Waals surface area (Å²) >= 11 is 0. The van der Waals surface area contributed by atoms with Gasteiger partial charge in [-0.15, -0.1) is 0 Å². The average Bonchev–Trinajstić information content (AvgIpc) is 2.53. The first-order chi connectivity index (χ1) is 10.2. The molecule has 2 unspecified atom stereocenters. The normalized spacial score (nSPS) is 28.5. The molecular weight excluding hydrogens is 262 g/mol. The fraction of sp³-hybridized carbons (Fsp3) is 0.941. The first kappa shape index (κ1) is 16.8. The van der Waals surface area contributed by atoms with Crippen molar-refractivity contribution in [3.8, 4) is 0 Å². The number of hydrogen-bond donors (Lipinski definition) is 2. The minimum absolute atomic E-state index is 0.242. The molecule has 4 nitrogen and oxygen atoms in total. The Kier molecular flexibility index (Phi) is 6.97. The van der Waals surface area contributed by atoms with Crippen LogP contribution in [0.4, 0.5) is 0 Å². The SMILES string of the molecule is CCN1CCC(CNC(=O)C2CCCC(CCN)C2)CC1. The number of carbonyl (C=O) groups is 1. The third-order valence-corrected chi connectivity index (χ3v) is 5.45. The van der Waals surface area contributed by atoms with E-state index in [0.29, 0.717) is 17.7 Å². The lowest BCUT2D eigenvalue weighted by Gasteiger charge is -2.32. The molecule has 0 bridgehead atoms. The van der Waals surface area contributed by atoms with E-state index in [2.05, 4.69) is 17.1 Å². The van der Waals surface area contributed by atoms with E-state index in [4.69, 9.17) is 5.73 Å². The summed E-state index contributed by atoms with van der Waals surface area (Å²) in [6.07, 6.45) is 8.12. The molecule has 1 saturated carbocycles. The van der Waals surface area contributed by atoms with E-state index in [1.54, 1.807) is 0 Å². The maximum atomic E-state index is 12.4. The van der Waals surface area contributed by atoms with Crippen LogP contribution in [0.5, 0.6) is 0 Å². The van der Waals surface area contributed by atoms with E-state index >= 15 is 0 Å². The standard InChI is InChI=1S/C17H33N3O/c1-2-20-10-7-15(8-11-20)13-19-17(21)16-5-3-4-14(12-16)6-9-18/h14-16H,2-13,18H2,1H3,(H,19,21). The molecule has 2 rings (SSSR count). The quantitative estimate of drug-likeness (QED) is 0.788. The van der Waals surface area contributed by atoms with Gasteiger partial charge in [0.15, 0.2) is 0 Å².